The molecule has 1 unspecified atom stereocenters. The van der Waals surface area contributed by atoms with Gasteiger partial charge in [0.25, 0.3) is 0 Å². The molecule has 0 radical (unpaired) electrons. The van der Waals surface area contributed by atoms with E-state index in [0.29, 0.717) is 13.0 Å². The lowest BCUT2D eigenvalue weighted by Crippen LogP contribution is -2.46. The molecule has 2 heterocycles. The molecule has 2 rings (SSSR count). The average Bonchev–Trinajstić information content (AvgIpc) is 2.12. The van der Waals surface area contributed by atoms with Crippen molar-refractivity contribution in [2.75, 3.05) is 6.54 Å². The van der Waals surface area contributed by atoms with E-state index in [4.69, 9.17) is 0 Å². The molecule has 3 heteroatoms. The van der Waals surface area contributed by atoms with E-state index in [1.54, 1.807) is 12.2 Å². The second-order valence-corrected chi connectivity index (χ2v) is 2.95. The minimum absolute atomic E-state index is 0.240. The van der Waals surface area contributed by atoms with Gasteiger partial charge < -0.3 is 4.90 Å². The number of allylic oxidation sites excluding steroid dienone is 2. The van der Waals surface area contributed by atoms with Crippen LogP contribution in [0.4, 0.5) is 0 Å². The zero-order valence-corrected chi connectivity index (χ0v) is 6.56. The van der Waals surface area contributed by atoms with Gasteiger partial charge in [-0.3, -0.25) is 9.59 Å². The molecule has 0 aliphatic carbocycles. The Labute approximate surface area is 70.4 Å². The highest BCUT2D eigenvalue weighted by atomic mass is 16.2. The van der Waals surface area contributed by atoms with Crippen LogP contribution in [0.25, 0.3) is 0 Å². The first kappa shape index (κ1) is 7.28. The van der Waals surface area contributed by atoms with E-state index in [1.165, 1.54) is 0 Å². The number of carbonyl (C=O) groups is 2. The Hall–Kier alpha value is -1.38. The van der Waals surface area contributed by atoms with Gasteiger partial charge in [0, 0.05) is 19.2 Å². The van der Waals surface area contributed by atoms with E-state index in [1.807, 2.05) is 17.2 Å². The molecular weight excluding hydrogens is 154 g/mol. The summed E-state index contributed by atoms with van der Waals surface area (Å²) in [6.07, 6.45) is 7.65. The molecule has 1 fully saturated rings. The summed E-state index contributed by atoms with van der Waals surface area (Å²) in [4.78, 5) is 24.2. The fourth-order valence-corrected chi connectivity index (χ4v) is 1.50. The van der Waals surface area contributed by atoms with Crippen molar-refractivity contribution in [1.29, 1.82) is 0 Å². The Morgan fingerprint density at radius 1 is 1.33 bits per heavy atom. The first-order valence-electron chi connectivity index (χ1n) is 3.97. The number of carbonyl (C=O) groups excluding carboxylic acids is 2. The number of hydrogen-bond acceptors (Lipinski definition) is 3. The first-order valence-corrected chi connectivity index (χ1v) is 3.97. The predicted octanol–water partition coefficient (Wildman–Crippen LogP) is 0.282. The third-order valence-corrected chi connectivity index (χ3v) is 2.18. The Balaban J connectivity index is 2.26. The van der Waals surface area contributed by atoms with Crippen LogP contribution in [0.5, 0.6) is 0 Å². The van der Waals surface area contributed by atoms with Gasteiger partial charge in [0.05, 0.1) is 0 Å². The number of Topliss-reactive ketones (excluding diaryl/α,β-unsaturated/α-hetero) is 2. The molecule has 1 atom stereocenters. The van der Waals surface area contributed by atoms with Crippen molar-refractivity contribution in [3.05, 3.63) is 24.4 Å². The number of piperidine rings is 1. The minimum Gasteiger partial charge on any atom is -0.363 e. The van der Waals surface area contributed by atoms with Crippen molar-refractivity contribution in [2.45, 2.75) is 12.5 Å². The molecule has 2 aliphatic heterocycles. The van der Waals surface area contributed by atoms with Gasteiger partial charge in [0.2, 0.25) is 11.6 Å². The monoisotopic (exact) mass is 163 g/mol. The van der Waals surface area contributed by atoms with Crippen LogP contribution in [0.2, 0.25) is 0 Å². The maximum atomic E-state index is 11.3. The van der Waals surface area contributed by atoms with Crippen molar-refractivity contribution in [2.24, 2.45) is 0 Å². The van der Waals surface area contributed by atoms with Gasteiger partial charge in [-0.25, -0.2) is 0 Å². The fraction of sp³-hybridized carbons (Fsp3) is 0.333. The van der Waals surface area contributed by atoms with Gasteiger partial charge in [0.15, 0.2) is 0 Å². The molecule has 0 saturated carbocycles. The first-order chi connectivity index (χ1) is 5.79. The van der Waals surface area contributed by atoms with Crippen LogP contribution in [0, 0.1) is 0 Å². The lowest BCUT2D eigenvalue weighted by atomic mass is 9.98. The summed E-state index contributed by atoms with van der Waals surface area (Å²) in [5.74, 6) is -0.516. The predicted molar refractivity (Wildman–Crippen MR) is 43.4 cm³/mol. The van der Waals surface area contributed by atoms with Gasteiger partial charge in [-0.05, 0) is 6.08 Å². The van der Waals surface area contributed by atoms with Crippen LogP contribution in [0.15, 0.2) is 24.4 Å². The number of hydrogen-bond donors (Lipinski definition) is 0. The fourth-order valence-electron chi connectivity index (χ4n) is 1.50. The van der Waals surface area contributed by atoms with Crippen LogP contribution < -0.4 is 0 Å². The van der Waals surface area contributed by atoms with Gasteiger partial charge >= 0.3 is 0 Å². The highest BCUT2D eigenvalue weighted by molar-refractivity contribution is 6.40. The van der Waals surface area contributed by atoms with Gasteiger partial charge in [-0.2, -0.15) is 0 Å². The maximum Gasteiger partial charge on any atom is 0.224 e. The van der Waals surface area contributed by atoms with Crippen molar-refractivity contribution in [3.63, 3.8) is 0 Å². The molecule has 0 aromatic carbocycles. The number of fused-ring (bicyclic) bond motifs is 1. The highest BCUT2D eigenvalue weighted by Gasteiger charge is 2.32. The van der Waals surface area contributed by atoms with E-state index < -0.39 is 0 Å². The molecule has 12 heavy (non-hydrogen) atoms. The molecule has 1 saturated heterocycles. The second-order valence-electron chi connectivity index (χ2n) is 2.95. The van der Waals surface area contributed by atoms with Crippen molar-refractivity contribution in [3.8, 4) is 0 Å². The molecule has 0 aromatic heterocycles. The Morgan fingerprint density at radius 2 is 2.17 bits per heavy atom. The molecule has 2 aliphatic rings. The summed E-state index contributed by atoms with van der Waals surface area (Å²) < 4.78 is 0. The van der Waals surface area contributed by atoms with Crippen LogP contribution in [0.1, 0.15) is 6.42 Å². The Morgan fingerprint density at radius 3 is 3.00 bits per heavy atom. The summed E-state index contributed by atoms with van der Waals surface area (Å²) >= 11 is 0. The summed E-state index contributed by atoms with van der Waals surface area (Å²) in [5, 5.41) is 0. The second kappa shape index (κ2) is 2.59. The average molecular weight is 163 g/mol. The van der Waals surface area contributed by atoms with Crippen LogP contribution >= 0.6 is 0 Å². The number of rotatable bonds is 0. The van der Waals surface area contributed by atoms with E-state index in [9.17, 15) is 9.59 Å². The van der Waals surface area contributed by atoms with E-state index in [0.717, 1.165) is 0 Å². The van der Waals surface area contributed by atoms with E-state index in [2.05, 4.69) is 0 Å². The third kappa shape index (κ3) is 0.978. The zero-order chi connectivity index (χ0) is 8.55. The minimum atomic E-state index is -0.323. The molecule has 0 N–H and O–H groups in total. The quantitative estimate of drug-likeness (QED) is 0.481. The van der Waals surface area contributed by atoms with Crippen molar-refractivity contribution in [1.82, 2.24) is 4.90 Å². The molecular formula is C9H9NO2. The lowest BCUT2D eigenvalue weighted by Gasteiger charge is -2.32. The van der Waals surface area contributed by atoms with Crippen LogP contribution in [-0.2, 0) is 9.59 Å². The smallest absolute Gasteiger partial charge is 0.224 e. The zero-order valence-electron chi connectivity index (χ0n) is 6.56. The SMILES string of the molecule is O=C1CCN2C=CC=CC2C1=O. The van der Waals surface area contributed by atoms with Crippen LogP contribution in [-0.4, -0.2) is 29.1 Å². The standard InChI is InChI=1S/C9H9NO2/c11-8-4-6-10-5-2-1-3-7(10)9(8)12/h1-3,5,7H,4,6H2. The summed E-state index contributed by atoms with van der Waals surface area (Å²) in [6.45, 7) is 0.663. The Kier molecular flexibility index (Phi) is 1.57. The molecule has 0 spiro atoms. The van der Waals surface area contributed by atoms with E-state index >= 15 is 0 Å². The molecule has 0 amide bonds. The normalized spacial score (nSPS) is 27.7. The van der Waals surface area contributed by atoms with Gasteiger partial charge in [-0.1, -0.05) is 12.2 Å². The maximum absolute atomic E-state index is 11.3. The number of ketones is 2. The largest absolute Gasteiger partial charge is 0.363 e. The number of nitrogens with zero attached hydrogens (tertiary/aromatic N) is 1. The summed E-state index contributed by atoms with van der Waals surface area (Å²) in [5.41, 5.74) is 0. The van der Waals surface area contributed by atoms with Gasteiger partial charge in [0.1, 0.15) is 6.04 Å². The van der Waals surface area contributed by atoms with E-state index in [-0.39, 0.29) is 17.6 Å². The third-order valence-electron chi connectivity index (χ3n) is 2.18. The molecule has 0 aromatic rings. The topological polar surface area (TPSA) is 37.4 Å². The summed E-state index contributed by atoms with van der Waals surface area (Å²) in [6, 6.07) is -0.323. The molecule has 62 valence electrons. The lowest BCUT2D eigenvalue weighted by molar-refractivity contribution is -0.140. The highest BCUT2D eigenvalue weighted by Crippen LogP contribution is 2.15. The van der Waals surface area contributed by atoms with Gasteiger partial charge in [-0.15, -0.1) is 0 Å². The van der Waals surface area contributed by atoms with Crippen molar-refractivity contribution >= 4 is 11.6 Å². The van der Waals surface area contributed by atoms with Crippen LogP contribution in [0.3, 0.4) is 0 Å². The molecule has 3 nitrogen and oxygen atoms in total. The molecule has 0 bridgehead atoms. The summed E-state index contributed by atoms with van der Waals surface area (Å²) in [7, 11) is 0. The van der Waals surface area contributed by atoms with Crippen molar-refractivity contribution < 1.29 is 9.59 Å². The Bertz CT molecular complexity index is 291.